The number of nitrogens with zero attached hydrogens (tertiary/aromatic N) is 4. The Hall–Kier alpha value is -8.21. The highest BCUT2D eigenvalue weighted by atomic mass is 32.1. The van der Waals surface area contributed by atoms with E-state index in [0.29, 0.717) is 11.1 Å². The van der Waals surface area contributed by atoms with Crippen LogP contribution in [0.1, 0.15) is 0 Å². The number of fused-ring (bicyclic) bond motifs is 6. The van der Waals surface area contributed by atoms with Crippen LogP contribution in [0.4, 0.5) is 0 Å². The minimum absolute atomic E-state index is 0.222. The van der Waals surface area contributed by atoms with Crippen molar-refractivity contribution in [1.29, 1.82) is 0 Å². The molecule has 9 nitrogen and oxygen atoms in total. The first kappa shape index (κ1) is 35.9. The molecule has 8 aromatic carbocycles. The zero-order chi connectivity index (χ0) is 41.4. The summed E-state index contributed by atoms with van der Waals surface area (Å²) in [7, 11) is 0. The summed E-state index contributed by atoms with van der Waals surface area (Å²) in [4.78, 5) is 14.2. The summed E-state index contributed by atoms with van der Waals surface area (Å²) < 4.78 is 4.29. The highest BCUT2D eigenvalue weighted by Gasteiger charge is 2.28. The third-order valence-corrected chi connectivity index (χ3v) is 12.4. The molecular weight excluding hydrogens is 781 g/mol. The van der Waals surface area contributed by atoms with E-state index in [2.05, 4.69) is 119 Å². The molecule has 10 heteroatoms. The van der Waals surface area contributed by atoms with E-state index in [0.717, 1.165) is 69.9 Å². The molecule has 61 heavy (non-hydrogen) atoms. The molecule has 11 rings (SSSR count). The number of aromatic nitrogens is 4. The summed E-state index contributed by atoms with van der Waals surface area (Å²) in [6, 6.07) is 55.6. The monoisotopic (exact) mass is 812 g/mol. The molecule has 0 saturated heterocycles. The quantitative estimate of drug-likeness (QED) is 0.0824. The number of rotatable bonds is 6. The van der Waals surface area contributed by atoms with Gasteiger partial charge in [-0.15, -0.1) is 11.3 Å². The van der Waals surface area contributed by atoms with Gasteiger partial charge in [0.2, 0.25) is 17.2 Å². The van der Waals surface area contributed by atoms with Gasteiger partial charge in [-0.3, -0.25) is 0 Å². The van der Waals surface area contributed by atoms with Crippen LogP contribution in [0.2, 0.25) is 0 Å². The molecule has 0 aliphatic heterocycles. The Morgan fingerprint density at radius 3 is 1.66 bits per heavy atom. The minimum atomic E-state index is -1.07. The number of hydrogen-bond acceptors (Lipinski definition) is 9. The fraction of sp³-hybridized carbons (Fsp3) is 0. The van der Waals surface area contributed by atoms with Crippen LogP contribution in [0.15, 0.2) is 164 Å². The van der Waals surface area contributed by atoms with Crippen LogP contribution in [0.5, 0.6) is 28.7 Å². The zero-order valence-electron chi connectivity index (χ0n) is 32.0. The van der Waals surface area contributed by atoms with E-state index >= 15 is 0 Å². The molecule has 3 heterocycles. The largest absolute Gasteiger partial charge is 0.504 e. The third-order valence-electron chi connectivity index (χ3n) is 11.2. The summed E-state index contributed by atoms with van der Waals surface area (Å²) >= 11 is 1.60. The van der Waals surface area contributed by atoms with Gasteiger partial charge in [0.15, 0.2) is 29.0 Å². The average molecular weight is 813 g/mol. The molecule has 0 spiro atoms. The molecule has 3 aromatic heterocycles. The first-order valence-corrected chi connectivity index (χ1v) is 20.3. The summed E-state index contributed by atoms with van der Waals surface area (Å²) in [5.41, 5.74) is 8.48. The summed E-state index contributed by atoms with van der Waals surface area (Å²) in [6.07, 6.45) is 0. The van der Waals surface area contributed by atoms with Crippen molar-refractivity contribution in [2.24, 2.45) is 0 Å². The van der Waals surface area contributed by atoms with Crippen molar-refractivity contribution in [2.45, 2.75) is 0 Å². The first-order valence-electron chi connectivity index (χ1n) is 19.5. The average Bonchev–Trinajstić information content (AvgIpc) is 3.86. The second-order valence-corrected chi connectivity index (χ2v) is 15.8. The molecule has 0 bridgehead atoms. The molecular formula is C51H32N4O5S. The predicted octanol–water partition coefficient (Wildman–Crippen LogP) is 12.2. The minimum Gasteiger partial charge on any atom is -0.504 e. The van der Waals surface area contributed by atoms with Gasteiger partial charge in [-0.2, -0.15) is 0 Å². The Morgan fingerprint density at radius 2 is 0.967 bits per heavy atom. The molecule has 0 atom stereocenters. The van der Waals surface area contributed by atoms with Gasteiger partial charge < -0.3 is 30.1 Å². The fourth-order valence-electron chi connectivity index (χ4n) is 8.31. The Morgan fingerprint density at radius 1 is 0.393 bits per heavy atom. The molecule has 0 fully saturated rings. The number of phenols is 5. The highest BCUT2D eigenvalue weighted by molar-refractivity contribution is 7.26. The lowest BCUT2D eigenvalue weighted by Gasteiger charge is -2.13. The van der Waals surface area contributed by atoms with Crippen molar-refractivity contribution in [1.82, 2.24) is 19.5 Å². The SMILES string of the molecule is Oc1c(O)c(O)c(-c2nc(-c3ccccc3)nc(-c3cccc4c3sc3cccc(-n5c6ccc(-c7ccccc7)cc6c6ccc(-c7ccccc7)cc65)c34)n2)c(O)c1O. The van der Waals surface area contributed by atoms with E-state index in [9.17, 15) is 25.5 Å². The van der Waals surface area contributed by atoms with Gasteiger partial charge in [0, 0.05) is 42.1 Å². The fourth-order valence-corrected chi connectivity index (χ4v) is 9.55. The topological polar surface area (TPSA) is 145 Å². The lowest BCUT2D eigenvalue weighted by molar-refractivity contribution is 0.329. The number of aromatic hydroxyl groups is 5. The Bertz CT molecular complexity index is 3500. The van der Waals surface area contributed by atoms with Crippen molar-refractivity contribution in [3.05, 3.63) is 164 Å². The lowest BCUT2D eigenvalue weighted by Crippen LogP contribution is -2.01. The zero-order valence-corrected chi connectivity index (χ0v) is 32.8. The molecule has 292 valence electrons. The maximum atomic E-state index is 11.0. The van der Waals surface area contributed by atoms with Crippen molar-refractivity contribution in [2.75, 3.05) is 0 Å². The van der Waals surface area contributed by atoms with E-state index < -0.39 is 34.3 Å². The third kappa shape index (κ3) is 5.72. The van der Waals surface area contributed by atoms with Crippen LogP contribution >= 0.6 is 11.3 Å². The van der Waals surface area contributed by atoms with Crippen LogP contribution in [-0.2, 0) is 0 Å². The van der Waals surface area contributed by atoms with Gasteiger partial charge >= 0.3 is 0 Å². The maximum absolute atomic E-state index is 11.0. The van der Waals surface area contributed by atoms with Crippen molar-refractivity contribution in [3.63, 3.8) is 0 Å². The molecule has 5 N–H and O–H groups in total. The van der Waals surface area contributed by atoms with Crippen molar-refractivity contribution < 1.29 is 25.5 Å². The second kappa shape index (κ2) is 14.0. The maximum Gasteiger partial charge on any atom is 0.208 e. The van der Waals surface area contributed by atoms with Gasteiger partial charge in [0.05, 0.1) is 16.7 Å². The van der Waals surface area contributed by atoms with Gasteiger partial charge in [-0.25, -0.2) is 15.0 Å². The number of thiophene rings is 1. The van der Waals surface area contributed by atoms with Crippen molar-refractivity contribution >= 4 is 53.3 Å². The predicted molar refractivity (Wildman–Crippen MR) is 243 cm³/mol. The number of hydrogen-bond donors (Lipinski definition) is 5. The van der Waals surface area contributed by atoms with Crippen molar-refractivity contribution in [3.8, 4) is 90.9 Å². The smallest absolute Gasteiger partial charge is 0.208 e. The number of benzene rings is 8. The normalized spacial score (nSPS) is 11.6. The molecule has 0 saturated carbocycles. The standard InChI is InChI=1S/C51H32N4O5S/c56-43-42(44(57)46(59)47(60)45(43)58)51-53-49(30-16-8-3-9-17-30)52-50(54-51)35-19-10-18-34-41-38(20-11-21-40(41)61-48(34)35)55-37-25-23-31(28-12-4-1-5-13-28)26-36(37)33-24-22-32(27-39(33)55)29-14-6-2-7-15-29/h1-27,56-60H. The van der Waals surface area contributed by atoms with Crippen LogP contribution in [0, 0.1) is 0 Å². The lowest BCUT2D eigenvalue weighted by atomic mass is 10.0. The number of phenolic OH excluding ortho intramolecular Hbond substituents is 5. The molecule has 0 aliphatic rings. The molecule has 11 aromatic rings. The van der Waals surface area contributed by atoms with E-state index in [-0.39, 0.29) is 17.5 Å². The van der Waals surface area contributed by atoms with Crippen LogP contribution < -0.4 is 0 Å². The summed E-state index contributed by atoms with van der Waals surface area (Å²) in [5.74, 6) is -4.69. The summed E-state index contributed by atoms with van der Waals surface area (Å²) in [6.45, 7) is 0. The van der Waals surface area contributed by atoms with E-state index in [1.807, 2.05) is 54.6 Å². The van der Waals surface area contributed by atoms with Gasteiger partial charge in [-0.05, 0) is 58.7 Å². The van der Waals surface area contributed by atoms with Gasteiger partial charge in [0.25, 0.3) is 0 Å². The Kier molecular flexibility index (Phi) is 8.23. The summed E-state index contributed by atoms with van der Waals surface area (Å²) in [5, 5.41) is 57.3. The van der Waals surface area contributed by atoms with E-state index in [1.165, 1.54) is 0 Å². The second-order valence-electron chi connectivity index (χ2n) is 14.8. The Balaban J connectivity index is 1.17. The van der Waals surface area contributed by atoms with Crippen LogP contribution in [0.3, 0.4) is 0 Å². The van der Waals surface area contributed by atoms with Crippen LogP contribution in [-0.4, -0.2) is 45.1 Å². The van der Waals surface area contributed by atoms with Gasteiger partial charge in [0.1, 0.15) is 5.56 Å². The molecule has 0 unspecified atom stereocenters. The highest BCUT2D eigenvalue weighted by Crippen LogP contribution is 2.54. The molecule has 0 aliphatic carbocycles. The Labute approximate surface area is 351 Å². The molecule has 0 amide bonds. The van der Waals surface area contributed by atoms with E-state index in [4.69, 9.17) is 9.97 Å². The van der Waals surface area contributed by atoms with E-state index in [1.54, 1.807) is 11.3 Å². The van der Waals surface area contributed by atoms with Crippen LogP contribution in [0.25, 0.3) is 104 Å². The molecule has 0 radical (unpaired) electrons. The van der Waals surface area contributed by atoms with Gasteiger partial charge in [-0.1, -0.05) is 127 Å². The first-order chi connectivity index (χ1) is 29.8.